The van der Waals surface area contributed by atoms with E-state index in [-0.39, 0.29) is 0 Å². The number of hydrogen-bond donors (Lipinski definition) is 1. The van der Waals surface area contributed by atoms with Gasteiger partial charge in [0.2, 0.25) is 0 Å². The molecule has 106 valence electrons. The summed E-state index contributed by atoms with van der Waals surface area (Å²) >= 11 is 0. The van der Waals surface area contributed by atoms with E-state index in [1.807, 2.05) is 0 Å². The van der Waals surface area contributed by atoms with Crippen molar-refractivity contribution in [3.05, 3.63) is 0 Å². The van der Waals surface area contributed by atoms with Crippen molar-refractivity contribution in [2.45, 2.75) is 31.8 Å². The van der Waals surface area contributed by atoms with Crippen LogP contribution in [0.2, 0.25) is 0 Å². The highest BCUT2D eigenvalue weighted by Gasteiger charge is 2.26. The average Bonchev–Trinajstić information content (AvgIpc) is 2.35. The first kappa shape index (κ1) is 14.3. The van der Waals surface area contributed by atoms with Crippen LogP contribution in [-0.4, -0.2) is 86.7 Å². The molecule has 1 N–H and O–H groups in total. The van der Waals surface area contributed by atoms with Crippen molar-refractivity contribution < 1.29 is 0 Å². The minimum atomic E-state index is 0.712. The van der Waals surface area contributed by atoms with Gasteiger partial charge in [0.25, 0.3) is 0 Å². The number of piperazine rings is 1. The summed E-state index contributed by atoms with van der Waals surface area (Å²) in [7, 11) is 4.53. The Morgan fingerprint density at radius 1 is 1.11 bits per heavy atom. The van der Waals surface area contributed by atoms with Crippen molar-refractivity contribution in [1.82, 2.24) is 20.0 Å². The van der Waals surface area contributed by atoms with Gasteiger partial charge in [0.15, 0.2) is 0 Å². The Balaban J connectivity index is 1.80. The lowest BCUT2D eigenvalue weighted by atomic mass is 10.0. The van der Waals surface area contributed by atoms with Gasteiger partial charge in [-0.1, -0.05) is 6.92 Å². The maximum absolute atomic E-state index is 3.61. The standard InChI is InChI=1S/C14H30N4/c1-4-15-13-6-5-7-18(10-13)12-14-11-16(2)8-9-17(14)3/h13-15H,4-12H2,1-3H3. The Bertz CT molecular complexity index is 244. The van der Waals surface area contributed by atoms with Gasteiger partial charge in [-0.2, -0.15) is 0 Å². The molecule has 2 aliphatic heterocycles. The Kier molecular flexibility index (Phi) is 5.42. The van der Waals surface area contributed by atoms with Crippen LogP contribution in [0.25, 0.3) is 0 Å². The fourth-order valence-corrected chi connectivity index (χ4v) is 3.27. The van der Waals surface area contributed by atoms with E-state index in [4.69, 9.17) is 0 Å². The molecule has 2 atom stereocenters. The van der Waals surface area contributed by atoms with E-state index in [1.54, 1.807) is 0 Å². The zero-order valence-electron chi connectivity index (χ0n) is 12.4. The molecule has 0 aromatic heterocycles. The van der Waals surface area contributed by atoms with Crippen molar-refractivity contribution in [1.29, 1.82) is 0 Å². The molecular formula is C14H30N4. The topological polar surface area (TPSA) is 21.8 Å². The summed E-state index contributed by atoms with van der Waals surface area (Å²) in [5.74, 6) is 0. The van der Waals surface area contributed by atoms with Crippen LogP contribution in [-0.2, 0) is 0 Å². The van der Waals surface area contributed by atoms with Gasteiger partial charge >= 0.3 is 0 Å². The third kappa shape index (κ3) is 3.92. The minimum absolute atomic E-state index is 0.712. The highest BCUT2D eigenvalue weighted by molar-refractivity contribution is 4.85. The maximum Gasteiger partial charge on any atom is 0.0347 e. The van der Waals surface area contributed by atoms with E-state index < -0.39 is 0 Å². The van der Waals surface area contributed by atoms with E-state index in [9.17, 15) is 0 Å². The van der Waals surface area contributed by atoms with Crippen LogP contribution < -0.4 is 5.32 Å². The van der Waals surface area contributed by atoms with Crippen molar-refractivity contribution in [3.63, 3.8) is 0 Å². The fourth-order valence-electron chi connectivity index (χ4n) is 3.27. The fraction of sp³-hybridized carbons (Fsp3) is 1.00. The van der Waals surface area contributed by atoms with Crippen LogP contribution in [0.1, 0.15) is 19.8 Å². The predicted molar refractivity (Wildman–Crippen MR) is 77.1 cm³/mol. The molecule has 0 aromatic rings. The first-order valence-electron chi connectivity index (χ1n) is 7.53. The van der Waals surface area contributed by atoms with Gasteiger partial charge < -0.3 is 15.1 Å². The molecule has 0 radical (unpaired) electrons. The lowest BCUT2D eigenvalue weighted by Crippen LogP contribution is -2.56. The van der Waals surface area contributed by atoms with Gasteiger partial charge in [0.05, 0.1) is 0 Å². The maximum atomic E-state index is 3.61. The van der Waals surface area contributed by atoms with Crippen LogP contribution >= 0.6 is 0 Å². The van der Waals surface area contributed by atoms with Crippen LogP contribution in [0.15, 0.2) is 0 Å². The Labute approximate surface area is 112 Å². The van der Waals surface area contributed by atoms with Gasteiger partial charge in [-0.05, 0) is 40.0 Å². The molecule has 2 heterocycles. The molecule has 0 bridgehead atoms. The zero-order chi connectivity index (χ0) is 13.0. The molecule has 2 aliphatic rings. The molecule has 0 aliphatic carbocycles. The normalized spacial score (nSPS) is 32.8. The number of nitrogens with one attached hydrogen (secondary N) is 1. The summed E-state index contributed by atoms with van der Waals surface area (Å²) in [4.78, 5) is 7.67. The number of likely N-dealkylation sites (tertiary alicyclic amines) is 1. The predicted octanol–water partition coefficient (Wildman–Crippen LogP) is 0.306. The second-order valence-electron chi connectivity index (χ2n) is 6.05. The molecule has 0 saturated carbocycles. The van der Waals surface area contributed by atoms with E-state index in [0.717, 1.165) is 12.6 Å². The van der Waals surface area contributed by atoms with Crippen molar-refractivity contribution in [2.24, 2.45) is 0 Å². The molecule has 2 saturated heterocycles. The molecular weight excluding hydrogens is 224 g/mol. The van der Waals surface area contributed by atoms with E-state index in [0.29, 0.717) is 6.04 Å². The molecule has 0 amide bonds. The number of nitrogens with zero attached hydrogens (tertiary/aromatic N) is 3. The second kappa shape index (κ2) is 6.85. The summed E-state index contributed by atoms with van der Waals surface area (Å²) in [6, 6.07) is 1.43. The smallest absolute Gasteiger partial charge is 0.0347 e. The van der Waals surface area contributed by atoms with Crippen molar-refractivity contribution >= 4 is 0 Å². The highest BCUT2D eigenvalue weighted by Crippen LogP contribution is 2.13. The quantitative estimate of drug-likeness (QED) is 0.779. The summed E-state index contributed by atoms with van der Waals surface area (Å²) in [5.41, 5.74) is 0. The van der Waals surface area contributed by atoms with Crippen molar-refractivity contribution in [2.75, 3.05) is 59.9 Å². The minimum Gasteiger partial charge on any atom is -0.313 e. The van der Waals surface area contributed by atoms with Gasteiger partial charge in [-0.15, -0.1) is 0 Å². The molecule has 0 spiro atoms. The molecule has 18 heavy (non-hydrogen) atoms. The summed E-state index contributed by atoms with van der Waals surface area (Å²) in [6.45, 7) is 10.7. The first-order valence-corrected chi connectivity index (χ1v) is 7.53. The summed E-state index contributed by atoms with van der Waals surface area (Å²) in [5, 5.41) is 3.61. The number of hydrogen-bond acceptors (Lipinski definition) is 4. The van der Waals surface area contributed by atoms with Crippen LogP contribution in [0.3, 0.4) is 0 Å². The van der Waals surface area contributed by atoms with Gasteiger partial charge in [0.1, 0.15) is 0 Å². The first-order chi connectivity index (χ1) is 8.69. The van der Waals surface area contributed by atoms with E-state index >= 15 is 0 Å². The molecule has 2 unspecified atom stereocenters. The van der Waals surface area contributed by atoms with Crippen molar-refractivity contribution in [3.8, 4) is 0 Å². The average molecular weight is 254 g/mol. The van der Waals surface area contributed by atoms with Gasteiger partial charge in [-0.25, -0.2) is 0 Å². The SMILES string of the molecule is CCNC1CCCN(CC2CN(C)CCN2C)C1. The van der Waals surface area contributed by atoms with E-state index in [2.05, 4.69) is 41.0 Å². The summed E-state index contributed by atoms with van der Waals surface area (Å²) in [6.07, 6.45) is 2.70. The Hall–Kier alpha value is -0.160. The summed E-state index contributed by atoms with van der Waals surface area (Å²) < 4.78 is 0. The molecule has 4 heteroatoms. The third-order valence-electron chi connectivity index (χ3n) is 4.45. The van der Waals surface area contributed by atoms with Gasteiger partial charge in [0, 0.05) is 44.8 Å². The molecule has 2 fully saturated rings. The largest absolute Gasteiger partial charge is 0.313 e. The highest BCUT2D eigenvalue weighted by atomic mass is 15.3. The third-order valence-corrected chi connectivity index (χ3v) is 4.45. The van der Waals surface area contributed by atoms with E-state index in [1.165, 1.54) is 52.1 Å². The molecule has 0 aromatic carbocycles. The monoisotopic (exact) mass is 254 g/mol. The van der Waals surface area contributed by atoms with Gasteiger partial charge in [-0.3, -0.25) is 4.90 Å². The Morgan fingerprint density at radius 2 is 1.94 bits per heavy atom. The lowest BCUT2D eigenvalue weighted by molar-refractivity contribution is 0.0708. The Morgan fingerprint density at radius 3 is 2.72 bits per heavy atom. The number of piperidine rings is 1. The number of rotatable bonds is 4. The second-order valence-corrected chi connectivity index (χ2v) is 6.05. The lowest BCUT2D eigenvalue weighted by Gasteiger charge is -2.42. The van der Waals surface area contributed by atoms with Crippen LogP contribution in [0.4, 0.5) is 0 Å². The van der Waals surface area contributed by atoms with Crippen LogP contribution in [0, 0.1) is 0 Å². The molecule has 4 nitrogen and oxygen atoms in total. The zero-order valence-corrected chi connectivity index (χ0v) is 12.4. The van der Waals surface area contributed by atoms with Crippen LogP contribution in [0.5, 0.6) is 0 Å². The molecule has 2 rings (SSSR count). The number of likely N-dealkylation sites (N-methyl/N-ethyl adjacent to an activating group) is 3.